The Labute approximate surface area is 190 Å². The first-order valence-corrected chi connectivity index (χ1v) is 14.1. The molecule has 0 aliphatic carbocycles. The molecule has 1 aliphatic heterocycles. The van der Waals surface area contributed by atoms with Crippen molar-refractivity contribution in [2.75, 3.05) is 0 Å². The Morgan fingerprint density at radius 3 is 2.48 bits per heavy atom. The van der Waals surface area contributed by atoms with Gasteiger partial charge in [-0.05, 0) is 42.8 Å². The fourth-order valence-electron chi connectivity index (χ4n) is 3.20. The molecule has 2 heterocycles. The van der Waals surface area contributed by atoms with E-state index in [1.165, 1.54) is 18.3 Å². The lowest BCUT2D eigenvalue weighted by Gasteiger charge is -2.42. The van der Waals surface area contributed by atoms with Crippen molar-refractivity contribution in [3.8, 4) is 0 Å². The molecule has 0 unspecified atom stereocenters. The first-order chi connectivity index (χ1) is 14.9. The minimum absolute atomic E-state index is 0.00212. The summed E-state index contributed by atoms with van der Waals surface area (Å²) in [7, 11) is -8.89. The average Bonchev–Trinajstić information content (AvgIpc) is 2.66. The second-order valence-corrected chi connectivity index (χ2v) is 14.8. The van der Waals surface area contributed by atoms with Crippen LogP contribution in [0.3, 0.4) is 0 Å². The number of hydrogen-bond donors (Lipinski definition) is 1. The van der Waals surface area contributed by atoms with E-state index in [-0.39, 0.29) is 17.7 Å². The molecule has 9 nitrogen and oxygen atoms in total. The third-order valence-corrected chi connectivity index (χ3v) is 10.4. The van der Waals surface area contributed by atoms with E-state index in [1.54, 1.807) is 26.9 Å². The Hall–Kier alpha value is -2.29. The van der Waals surface area contributed by atoms with Gasteiger partial charge >= 0.3 is 15.6 Å². The van der Waals surface area contributed by atoms with Gasteiger partial charge in [0.1, 0.15) is 24.2 Å². The summed E-state index contributed by atoms with van der Waals surface area (Å²) in [5, 5.41) is 10.6. The fraction of sp³-hybridized carbons (Fsp3) is 0.526. The van der Waals surface area contributed by atoms with E-state index >= 15 is 0 Å². The standard InChI is InChI=1S/C19H25F3N2O7SSi/c1-6-15-17(31-32(27,28)19(20,21)22)12(10-18(2,3)33(4,5)29)9-16(30-15)13-7-8-23-11-14(13)24(25)26/h6-9,11-12,15,17,29H,1,10H2,2-5H3/t12-,15+,17-/m0/s1. The molecule has 0 saturated heterocycles. The topological polar surface area (TPSA) is 129 Å². The Balaban J connectivity index is 2.65. The molecule has 0 saturated carbocycles. The van der Waals surface area contributed by atoms with E-state index in [0.717, 1.165) is 12.3 Å². The van der Waals surface area contributed by atoms with Crippen molar-refractivity contribution in [2.45, 2.75) is 56.1 Å². The summed E-state index contributed by atoms with van der Waals surface area (Å²) in [4.78, 5) is 25.1. The van der Waals surface area contributed by atoms with Gasteiger partial charge in [-0.2, -0.15) is 21.6 Å². The number of rotatable bonds is 8. The summed E-state index contributed by atoms with van der Waals surface area (Å²) in [5.41, 5.74) is -6.08. The Bertz CT molecular complexity index is 1050. The quantitative estimate of drug-likeness (QED) is 0.138. The van der Waals surface area contributed by atoms with Gasteiger partial charge in [0.2, 0.25) is 0 Å². The van der Waals surface area contributed by atoms with Gasteiger partial charge in [-0.25, -0.2) is 0 Å². The largest absolute Gasteiger partial charge is 0.523 e. The predicted octanol–water partition coefficient (Wildman–Crippen LogP) is 4.13. The summed E-state index contributed by atoms with van der Waals surface area (Å²) in [6.07, 6.45) is 1.57. The van der Waals surface area contributed by atoms with Gasteiger partial charge in [0.25, 0.3) is 5.69 Å². The minimum atomic E-state index is -5.99. The lowest BCUT2D eigenvalue weighted by molar-refractivity contribution is -0.385. The lowest BCUT2D eigenvalue weighted by Crippen LogP contribution is -2.47. The van der Waals surface area contributed by atoms with E-state index in [4.69, 9.17) is 4.74 Å². The number of ether oxygens (including phenoxy) is 1. The molecule has 0 bridgehead atoms. The van der Waals surface area contributed by atoms with Gasteiger partial charge in [0.15, 0.2) is 8.32 Å². The molecule has 0 fully saturated rings. The highest BCUT2D eigenvalue weighted by Crippen LogP contribution is 2.47. The van der Waals surface area contributed by atoms with E-state index in [9.17, 15) is 36.5 Å². The molecular formula is C19H25F3N2O7SSi. The Morgan fingerprint density at radius 2 is 2.00 bits per heavy atom. The maximum Gasteiger partial charge on any atom is 0.523 e. The van der Waals surface area contributed by atoms with Crippen LogP contribution in [0.1, 0.15) is 25.8 Å². The van der Waals surface area contributed by atoms with Crippen molar-refractivity contribution in [1.82, 2.24) is 4.98 Å². The smallest absolute Gasteiger partial charge is 0.483 e. The molecule has 1 aromatic rings. The minimum Gasteiger partial charge on any atom is -0.483 e. The van der Waals surface area contributed by atoms with Crippen LogP contribution in [-0.2, 0) is 19.0 Å². The molecule has 0 amide bonds. The van der Waals surface area contributed by atoms with Gasteiger partial charge in [0.05, 0.1) is 10.5 Å². The zero-order chi connectivity index (χ0) is 25.4. The molecular weight excluding hydrogens is 485 g/mol. The Kier molecular flexibility index (Phi) is 7.48. The molecule has 1 N–H and O–H groups in total. The summed E-state index contributed by atoms with van der Waals surface area (Å²) in [6.45, 7) is 10.2. The molecule has 1 aliphatic rings. The highest BCUT2D eigenvalue weighted by molar-refractivity contribution is 7.87. The molecule has 1 aromatic heterocycles. The van der Waals surface area contributed by atoms with Crippen LogP contribution < -0.4 is 0 Å². The molecule has 0 radical (unpaired) electrons. The van der Waals surface area contributed by atoms with Crippen LogP contribution in [0.15, 0.2) is 37.2 Å². The molecule has 0 spiro atoms. The van der Waals surface area contributed by atoms with Gasteiger partial charge in [-0.1, -0.05) is 20.4 Å². The van der Waals surface area contributed by atoms with Crippen LogP contribution in [0.2, 0.25) is 18.1 Å². The third kappa shape index (κ3) is 5.80. The average molecular weight is 511 g/mol. The van der Waals surface area contributed by atoms with Crippen molar-refractivity contribution in [2.24, 2.45) is 5.92 Å². The molecule has 3 atom stereocenters. The summed E-state index contributed by atoms with van der Waals surface area (Å²) >= 11 is 0. The van der Waals surface area contributed by atoms with E-state index in [2.05, 4.69) is 15.7 Å². The van der Waals surface area contributed by atoms with E-state index in [0.29, 0.717) is 0 Å². The van der Waals surface area contributed by atoms with Crippen LogP contribution in [-0.4, -0.2) is 49.2 Å². The zero-order valence-electron chi connectivity index (χ0n) is 18.4. The van der Waals surface area contributed by atoms with Crippen LogP contribution in [0.5, 0.6) is 0 Å². The van der Waals surface area contributed by atoms with Crippen LogP contribution in [0, 0.1) is 16.0 Å². The molecule has 184 valence electrons. The highest BCUT2D eigenvalue weighted by Gasteiger charge is 2.52. The molecule has 14 heteroatoms. The Morgan fingerprint density at radius 1 is 1.39 bits per heavy atom. The number of alkyl halides is 3. The first-order valence-electron chi connectivity index (χ1n) is 9.73. The van der Waals surface area contributed by atoms with Crippen molar-refractivity contribution in [3.63, 3.8) is 0 Å². The van der Waals surface area contributed by atoms with Gasteiger partial charge < -0.3 is 9.53 Å². The predicted molar refractivity (Wildman–Crippen MR) is 116 cm³/mol. The van der Waals surface area contributed by atoms with Gasteiger partial charge in [-0.15, -0.1) is 0 Å². The molecule has 33 heavy (non-hydrogen) atoms. The van der Waals surface area contributed by atoms with E-state index < -0.39 is 57.7 Å². The van der Waals surface area contributed by atoms with Crippen LogP contribution >= 0.6 is 0 Å². The molecule has 0 aromatic carbocycles. The van der Waals surface area contributed by atoms with Crippen molar-refractivity contribution < 1.29 is 40.2 Å². The number of nitro groups is 1. The van der Waals surface area contributed by atoms with Crippen LogP contribution in [0.4, 0.5) is 18.9 Å². The third-order valence-electron chi connectivity index (χ3n) is 5.79. The number of halogens is 3. The second-order valence-electron chi connectivity index (χ2n) is 8.77. The maximum absolute atomic E-state index is 13.0. The zero-order valence-corrected chi connectivity index (χ0v) is 20.2. The number of pyridine rings is 1. The van der Waals surface area contributed by atoms with Gasteiger partial charge in [-0.3, -0.25) is 19.3 Å². The fourth-order valence-corrected chi connectivity index (χ4v) is 4.59. The van der Waals surface area contributed by atoms with E-state index in [1.807, 2.05) is 0 Å². The highest BCUT2D eigenvalue weighted by atomic mass is 32.2. The molecule has 2 rings (SSSR count). The normalized spacial score (nSPS) is 22.3. The van der Waals surface area contributed by atoms with Crippen molar-refractivity contribution in [1.29, 1.82) is 0 Å². The number of aromatic nitrogens is 1. The van der Waals surface area contributed by atoms with Crippen molar-refractivity contribution in [3.05, 3.63) is 52.9 Å². The van der Waals surface area contributed by atoms with Crippen LogP contribution in [0.25, 0.3) is 5.76 Å². The first kappa shape index (κ1) is 27.0. The SMILES string of the molecule is C=C[C@H]1OC(c2ccncc2[N+](=O)[O-])=C[C@@H](CC(C)(C)[Si](C)(C)O)[C@@H]1OS(=O)(=O)C(F)(F)F. The summed E-state index contributed by atoms with van der Waals surface area (Å²) in [6, 6.07) is 1.30. The van der Waals surface area contributed by atoms with Gasteiger partial charge in [0, 0.05) is 12.1 Å². The van der Waals surface area contributed by atoms with Crippen molar-refractivity contribution >= 4 is 29.9 Å². The summed E-state index contributed by atoms with van der Waals surface area (Å²) < 4.78 is 72.9. The number of hydrogen-bond acceptors (Lipinski definition) is 8. The lowest BCUT2D eigenvalue weighted by atomic mass is 9.85. The maximum atomic E-state index is 13.0. The second kappa shape index (κ2) is 9.16. The number of nitrogens with zero attached hydrogens (tertiary/aromatic N) is 2. The summed E-state index contributed by atoms with van der Waals surface area (Å²) in [5.74, 6) is -1.09. The monoisotopic (exact) mass is 510 g/mol.